The van der Waals surface area contributed by atoms with Crippen molar-refractivity contribution in [2.75, 3.05) is 4.90 Å². The summed E-state index contributed by atoms with van der Waals surface area (Å²) in [6.45, 7) is 0. The highest BCUT2D eigenvalue weighted by Crippen LogP contribution is 2.57. The molecule has 0 fully saturated rings. The Morgan fingerprint density at radius 1 is 0.276 bits per heavy atom. The number of rotatable bonds is 5. The van der Waals surface area contributed by atoms with E-state index in [2.05, 4.69) is 229 Å². The summed E-state index contributed by atoms with van der Waals surface area (Å²) >= 11 is 0. The third-order valence-corrected chi connectivity index (χ3v) is 12.7. The lowest BCUT2D eigenvalue weighted by Gasteiger charge is -2.35. The highest BCUT2D eigenvalue weighted by molar-refractivity contribution is 6.26. The molecule has 0 saturated carbocycles. The van der Waals surface area contributed by atoms with Crippen LogP contribution in [0.25, 0.3) is 65.0 Å². The van der Waals surface area contributed by atoms with Crippen molar-refractivity contribution < 1.29 is 0 Å². The highest BCUT2D eigenvalue weighted by atomic mass is 15.1. The van der Waals surface area contributed by atoms with Gasteiger partial charge in [-0.15, -0.1) is 0 Å². The van der Waals surface area contributed by atoms with Gasteiger partial charge in [-0.05, 0) is 112 Å². The van der Waals surface area contributed by atoms with E-state index in [1.807, 2.05) is 0 Å². The Labute approximate surface area is 337 Å². The van der Waals surface area contributed by atoms with Crippen molar-refractivity contribution in [1.29, 1.82) is 0 Å². The molecule has 0 spiro atoms. The second-order valence-electron chi connectivity index (χ2n) is 15.6. The first kappa shape index (κ1) is 32.7. The molecule has 270 valence electrons. The Hall–Kier alpha value is -7.48. The van der Waals surface area contributed by atoms with E-state index in [1.54, 1.807) is 0 Å². The number of hydrogen-bond donors (Lipinski definition) is 0. The smallest absolute Gasteiger partial charge is 0.0714 e. The van der Waals surface area contributed by atoms with E-state index in [-0.39, 0.29) is 0 Å². The van der Waals surface area contributed by atoms with Crippen molar-refractivity contribution >= 4 is 70.9 Å². The summed E-state index contributed by atoms with van der Waals surface area (Å²) in [5, 5.41) is 12.5. The zero-order valence-corrected chi connectivity index (χ0v) is 31.8. The summed E-state index contributed by atoms with van der Waals surface area (Å²) in [7, 11) is 0. The van der Waals surface area contributed by atoms with Crippen LogP contribution in [-0.2, 0) is 5.41 Å². The number of benzene rings is 11. The van der Waals surface area contributed by atoms with Crippen LogP contribution >= 0.6 is 0 Å². The van der Waals surface area contributed by atoms with E-state index in [1.165, 1.54) is 87.2 Å². The van der Waals surface area contributed by atoms with E-state index in [0.29, 0.717) is 0 Å². The van der Waals surface area contributed by atoms with E-state index in [9.17, 15) is 0 Å². The Morgan fingerprint density at radius 2 is 0.724 bits per heavy atom. The SMILES string of the molecule is c1ccc(C2(c3ccccc3)c3ccccc3-c3ccc(N(c4ccc5c6ccccc6c6ccccc6c5c4)c4cc5ccccc5c5ccccc45)cc32)cc1. The fourth-order valence-corrected chi connectivity index (χ4v) is 10.3. The molecule has 0 unspecified atom stereocenters. The van der Waals surface area contributed by atoms with Gasteiger partial charge >= 0.3 is 0 Å². The average molecular weight is 736 g/mol. The van der Waals surface area contributed by atoms with Gasteiger partial charge in [0.25, 0.3) is 0 Å². The van der Waals surface area contributed by atoms with Gasteiger partial charge in [-0.1, -0.05) is 194 Å². The maximum absolute atomic E-state index is 2.52. The Balaban J connectivity index is 1.20. The monoisotopic (exact) mass is 735 g/mol. The molecule has 0 N–H and O–H groups in total. The van der Waals surface area contributed by atoms with Crippen molar-refractivity contribution in [3.05, 3.63) is 247 Å². The van der Waals surface area contributed by atoms with Gasteiger partial charge in [-0.2, -0.15) is 0 Å². The first-order chi connectivity index (χ1) is 28.8. The lowest BCUT2D eigenvalue weighted by Crippen LogP contribution is -2.28. The average Bonchev–Trinajstić information content (AvgIpc) is 3.60. The fraction of sp³-hybridized carbons (Fsp3) is 0.0175. The normalized spacial score (nSPS) is 13.0. The lowest BCUT2D eigenvalue weighted by molar-refractivity contribution is 0.768. The molecule has 1 nitrogen and oxygen atoms in total. The topological polar surface area (TPSA) is 3.24 Å². The van der Waals surface area contributed by atoms with Gasteiger partial charge in [0.2, 0.25) is 0 Å². The molecule has 0 amide bonds. The van der Waals surface area contributed by atoms with E-state index in [0.717, 1.165) is 17.1 Å². The molecule has 11 aromatic carbocycles. The van der Waals surface area contributed by atoms with Crippen molar-refractivity contribution in [2.45, 2.75) is 5.41 Å². The van der Waals surface area contributed by atoms with E-state index in [4.69, 9.17) is 0 Å². The molecule has 0 atom stereocenters. The molecule has 11 aromatic rings. The Bertz CT molecular complexity index is 3330. The third kappa shape index (κ3) is 4.65. The minimum absolute atomic E-state index is 0.514. The highest BCUT2D eigenvalue weighted by Gasteiger charge is 2.46. The van der Waals surface area contributed by atoms with Gasteiger partial charge < -0.3 is 4.90 Å². The van der Waals surface area contributed by atoms with Crippen molar-refractivity contribution in [1.82, 2.24) is 0 Å². The van der Waals surface area contributed by atoms with Crippen LogP contribution in [0.4, 0.5) is 17.1 Å². The molecular weight excluding hydrogens is 699 g/mol. The van der Waals surface area contributed by atoms with E-state index < -0.39 is 5.41 Å². The molecular formula is C57H37N. The summed E-state index contributed by atoms with van der Waals surface area (Å²) in [5.41, 5.74) is 10.5. The summed E-state index contributed by atoms with van der Waals surface area (Å²) in [6.07, 6.45) is 0. The summed E-state index contributed by atoms with van der Waals surface area (Å²) in [6, 6.07) is 83.3. The predicted molar refractivity (Wildman–Crippen MR) is 246 cm³/mol. The van der Waals surface area contributed by atoms with Crippen LogP contribution in [0.2, 0.25) is 0 Å². The third-order valence-electron chi connectivity index (χ3n) is 12.7. The second-order valence-corrected chi connectivity index (χ2v) is 15.6. The van der Waals surface area contributed by atoms with Crippen LogP contribution in [0.15, 0.2) is 224 Å². The van der Waals surface area contributed by atoms with Crippen LogP contribution < -0.4 is 4.90 Å². The van der Waals surface area contributed by atoms with Crippen molar-refractivity contribution in [3.8, 4) is 11.1 Å². The van der Waals surface area contributed by atoms with Crippen LogP contribution in [0.3, 0.4) is 0 Å². The van der Waals surface area contributed by atoms with E-state index >= 15 is 0 Å². The summed E-state index contributed by atoms with van der Waals surface area (Å²) < 4.78 is 0. The number of anilines is 3. The van der Waals surface area contributed by atoms with Gasteiger partial charge in [0.05, 0.1) is 11.1 Å². The van der Waals surface area contributed by atoms with Gasteiger partial charge in [0, 0.05) is 16.8 Å². The molecule has 12 rings (SSSR count). The van der Waals surface area contributed by atoms with Crippen LogP contribution in [0.5, 0.6) is 0 Å². The molecule has 58 heavy (non-hydrogen) atoms. The maximum atomic E-state index is 2.52. The minimum Gasteiger partial charge on any atom is -0.310 e. The van der Waals surface area contributed by atoms with Crippen molar-refractivity contribution in [2.24, 2.45) is 0 Å². The lowest BCUT2D eigenvalue weighted by atomic mass is 9.67. The molecule has 1 heteroatoms. The van der Waals surface area contributed by atoms with Crippen LogP contribution in [0, 0.1) is 0 Å². The first-order valence-corrected chi connectivity index (χ1v) is 20.2. The second kappa shape index (κ2) is 12.8. The van der Waals surface area contributed by atoms with Gasteiger partial charge in [0.1, 0.15) is 0 Å². The zero-order valence-electron chi connectivity index (χ0n) is 31.8. The molecule has 0 heterocycles. The standard InChI is InChI=1S/C57H37N/c1-3-18-39(19-4-1)57(40-20-5-2-6-21-40)54-30-16-15-28-50(54)51-34-32-42(37-55(51)57)58(56-35-38-17-7-8-22-43(38)44-23-13-14-29-52(44)56)41-31-33-49-47-26-10-9-24-45(47)46-25-11-12-27-48(46)53(49)36-41/h1-37H. The fourth-order valence-electron chi connectivity index (χ4n) is 10.3. The largest absolute Gasteiger partial charge is 0.310 e. The summed E-state index contributed by atoms with van der Waals surface area (Å²) in [5.74, 6) is 0. The van der Waals surface area contributed by atoms with Gasteiger partial charge in [-0.3, -0.25) is 0 Å². The molecule has 1 aliphatic carbocycles. The van der Waals surface area contributed by atoms with Crippen LogP contribution in [-0.4, -0.2) is 0 Å². The van der Waals surface area contributed by atoms with Gasteiger partial charge in [0.15, 0.2) is 0 Å². The predicted octanol–water partition coefficient (Wildman–Crippen LogP) is 15.3. The Kier molecular flexibility index (Phi) is 7.21. The number of hydrogen-bond acceptors (Lipinski definition) is 1. The minimum atomic E-state index is -0.514. The molecule has 0 aromatic heterocycles. The number of fused-ring (bicyclic) bond motifs is 12. The molecule has 0 radical (unpaired) electrons. The van der Waals surface area contributed by atoms with Crippen molar-refractivity contribution in [3.63, 3.8) is 0 Å². The molecule has 0 aliphatic heterocycles. The summed E-state index contributed by atoms with van der Waals surface area (Å²) in [4.78, 5) is 2.52. The van der Waals surface area contributed by atoms with Gasteiger partial charge in [-0.25, -0.2) is 0 Å². The van der Waals surface area contributed by atoms with Crippen LogP contribution in [0.1, 0.15) is 22.3 Å². The molecule has 0 bridgehead atoms. The molecule has 0 saturated heterocycles. The maximum Gasteiger partial charge on any atom is 0.0714 e. The Morgan fingerprint density at radius 3 is 1.38 bits per heavy atom. The first-order valence-electron chi connectivity index (χ1n) is 20.2. The number of nitrogens with zero attached hydrogens (tertiary/aromatic N) is 1. The molecule has 1 aliphatic rings. The quantitative estimate of drug-likeness (QED) is 0.159. The zero-order chi connectivity index (χ0) is 38.2.